The number of rotatable bonds is 3. The molecule has 1 aliphatic rings. The van der Waals surface area contributed by atoms with Gasteiger partial charge in [0.2, 0.25) is 0 Å². The molecule has 0 amide bonds. The van der Waals surface area contributed by atoms with Gasteiger partial charge >= 0.3 is 0 Å². The van der Waals surface area contributed by atoms with E-state index < -0.39 is 0 Å². The minimum atomic E-state index is 0. The molecule has 1 aromatic heterocycles. The molecule has 0 unspecified atom stereocenters. The molecular formula is C16H21NOS. The summed E-state index contributed by atoms with van der Waals surface area (Å²) in [5.74, 6) is 0.703. The molecule has 1 aliphatic carbocycles. The van der Waals surface area contributed by atoms with Gasteiger partial charge < -0.3 is 0 Å². The molecule has 102 valence electrons. The van der Waals surface area contributed by atoms with E-state index >= 15 is 0 Å². The molecule has 3 rings (SSSR count). The first-order valence-corrected chi connectivity index (χ1v) is 7.60. The highest BCUT2D eigenvalue weighted by Gasteiger charge is 2.32. The first-order valence-electron chi connectivity index (χ1n) is 6.83. The van der Waals surface area contributed by atoms with Crippen molar-refractivity contribution in [2.45, 2.75) is 39.5 Å². The molecule has 0 spiro atoms. The van der Waals surface area contributed by atoms with E-state index in [1.807, 2.05) is 32.0 Å². The van der Waals surface area contributed by atoms with Crippen LogP contribution in [0.2, 0.25) is 0 Å². The number of hydrogen-bond acceptors (Lipinski definition) is 3. The Bertz CT molecular complexity index is 561. The van der Waals surface area contributed by atoms with Crippen LogP contribution < -0.4 is 0 Å². The number of aromatic nitrogens is 1. The standard InChI is InChI=1S/C14H13NOS.C2H6.H2/c1-9(16)14-12(10-7-8-10)13(15-17-14)11-5-3-2-4-6-11;1-2;/h2-6,10H,7-8H2,1H3;1-2H3;1H. The summed E-state index contributed by atoms with van der Waals surface area (Å²) in [6, 6.07) is 10.1. The van der Waals surface area contributed by atoms with Crippen LogP contribution in [0.15, 0.2) is 30.3 Å². The highest BCUT2D eigenvalue weighted by molar-refractivity contribution is 7.08. The van der Waals surface area contributed by atoms with Gasteiger partial charge in [0.25, 0.3) is 0 Å². The summed E-state index contributed by atoms with van der Waals surface area (Å²) in [7, 11) is 0. The largest absolute Gasteiger partial charge is 0.294 e. The van der Waals surface area contributed by atoms with Gasteiger partial charge in [-0.1, -0.05) is 44.2 Å². The molecule has 2 nitrogen and oxygen atoms in total. The van der Waals surface area contributed by atoms with Crippen molar-refractivity contribution < 1.29 is 6.22 Å². The van der Waals surface area contributed by atoms with Gasteiger partial charge in [0.15, 0.2) is 5.78 Å². The second-order valence-corrected chi connectivity index (χ2v) is 5.24. The summed E-state index contributed by atoms with van der Waals surface area (Å²) < 4.78 is 4.49. The van der Waals surface area contributed by atoms with Gasteiger partial charge in [-0.05, 0) is 30.3 Å². The quantitative estimate of drug-likeness (QED) is 0.724. The predicted octanol–water partition coefficient (Wildman–Crippen LogP) is 5.16. The molecule has 2 aromatic rings. The van der Waals surface area contributed by atoms with Gasteiger partial charge in [0.05, 0.1) is 10.6 Å². The van der Waals surface area contributed by atoms with E-state index in [0.717, 1.165) is 16.1 Å². The second-order valence-electron chi connectivity index (χ2n) is 4.47. The lowest BCUT2D eigenvalue weighted by Crippen LogP contribution is -1.94. The third-order valence-corrected chi connectivity index (χ3v) is 4.04. The maximum absolute atomic E-state index is 11.6. The summed E-state index contributed by atoms with van der Waals surface area (Å²) in [5, 5.41) is 0. The van der Waals surface area contributed by atoms with E-state index in [4.69, 9.17) is 0 Å². The SMILES string of the molecule is CC.CC(=O)c1snc(-c2ccccc2)c1C1CC1.[HH]. The predicted molar refractivity (Wildman–Crippen MR) is 83.0 cm³/mol. The second kappa shape index (κ2) is 6.11. The topological polar surface area (TPSA) is 30.0 Å². The lowest BCUT2D eigenvalue weighted by atomic mass is 10.0. The Labute approximate surface area is 120 Å². The molecule has 1 heterocycles. The van der Waals surface area contributed by atoms with Crippen LogP contribution in [-0.2, 0) is 0 Å². The molecule has 0 atom stereocenters. The van der Waals surface area contributed by atoms with E-state index in [2.05, 4.69) is 16.5 Å². The molecule has 0 aliphatic heterocycles. The number of carbonyl (C=O) groups is 1. The van der Waals surface area contributed by atoms with Crippen LogP contribution in [-0.4, -0.2) is 10.2 Å². The normalized spacial score (nSPS) is 13.6. The molecule has 1 fully saturated rings. The zero-order valence-corrected chi connectivity index (χ0v) is 12.5. The Morgan fingerprint density at radius 1 is 1.26 bits per heavy atom. The average molecular weight is 275 g/mol. The van der Waals surface area contributed by atoms with E-state index in [9.17, 15) is 4.79 Å². The summed E-state index contributed by atoms with van der Waals surface area (Å²) in [5.41, 5.74) is 3.33. The molecular weight excluding hydrogens is 254 g/mol. The summed E-state index contributed by atoms with van der Waals surface area (Å²) in [4.78, 5) is 12.5. The van der Waals surface area contributed by atoms with Crippen molar-refractivity contribution in [2.24, 2.45) is 0 Å². The van der Waals surface area contributed by atoms with Crippen molar-refractivity contribution in [1.82, 2.24) is 4.37 Å². The maximum atomic E-state index is 11.6. The van der Waals surface area contributed by atoms with Crippen molar-refractivity contribution in [2.75, 3.05) is 0 Å². The smallest absolute Gasteiger partial charge is 0.171 e. The van der Waals surface area contributed by atoms with Gasteiger partial charge in [-0.2, -0.15) is 4.37 Å². The fourth-order valence-corrected chi connectivity index (χ4v) is 2.98. The van der Waals surface area contributed by atoms with Crippen LogP contribution in [0.1, 0.15) is 56.2 Å². The lowest BCUT2D eigenvalue weighted by molar-refractivity contribution is 0.102. The van der Waals surface area contributed by atoms with Crippen LogP contribution in [0, 0.1) is 0 Å². The monoisotopic (exact) mass is 275 g/mol. The summed E-state index contributed by atoms with van der Waals surface area (Å²) >= 11 is 1.35. The van der Waals surface area contributed by atoms with E-state index in [-0.39, 0.29) is 7.21 Å². The highest BCUT2D eigenvalue weighted by atomic mass is 32.1. The number of benzene rings is 1. The summed E-state index contributed by atoms with van der Waals surface area (Å²) in [6.45, 7) is 5.63. The maximum Gasteiger partial charge on any atom is 0.171 e. The van der Waals surface area contributed by atoms with E-state index in [1.165, 1.54) is 29.9 Å². The Hall–Kier alpha value is -1.48. The number of carbonyl (C=O) groups excluding carboxylic acids is 1. The molecule has 19 heavy (non-hydrogen) atoms. The minimum Gasteiger partial charge on any atom is -0.294 e. The van der Waals surface area contributed by atoms with Crippen molar-refractivity contribution >= 4 is 17.3 Å². The van der Waals surface area contributed by atoms with Crippen molar-refractivity contribution in [3.05, 3.63) is 40.8 Å². The van der Waals surface area contributed by atoms with E-state index in [1.54, 1.807) is 6.92 Å². The van der Waals surface area contributed by atoms with Gasteiger partial charge in [-0.15, -0.1) is 0 Å². The molecule has 0 saturated heterocycles. The zero-order valence-electron chi connectivity index (χ0n) is 11.6. The zero-order chi connectivity index (χ0) is 13.8. The van der Waals surface area contributed by atoms with E-state index in [0.29, 0.717) is 5.92 Å². The first-order chi connectivity index (χ1) is 9.27. The van der Waals surface area contributed by atoms with Crippen molar-refractivity contribution in [1.29, 1.82) is 0 Å². The molecule has 1 aromatic carbocycles. The third-order valence-electron chi connectivity index (χ3n) is 3.08. The van der Waals surface area contributed by atoms with Gasteiger partial charge in [-0.3, -0.25) is 4.79 Å². The van der Waals surface area contributed by atoms with Crippen LogP contribution in [0.25, 0.3) is 11.3 Å². The van der Waals surface area contributed by atoms with Crippen LogP contribution >= 0.6 is 11.5 Å². The summed E-state index contributed by atoms with van der Waals surface area (Å²) in [6.07, 6.45) is 2.39. The fourth-order valence-electron chi connectivity index (χ4n) is 2.11. The number of ketones is 1. The Kier molecular flexibility index (Phi) is 4.48. The Morgan fingerprint density at radius 3 is 2.42 bits per heavy atom. The van der Waals surface area contributed by atoms with Crippen LogP contribution in [0.3, 0.4) is 0 Å². The molecule has 1 saturated carbocycles. The number of Topliss-reactive ketones (excluding diaryl/α,β-unsaturated/α-hetero) is 1. The van der Waals surface area contributed by atoms with Gasteiger partial charge in [0, 0.05) is 19.5 Å². The van der Waals surface area contributed by atoms with Crippen molar-refractivity contribution in [3.63, 3.8) is 0 Å². The molecule has 0 N–H and O–H groups in total. The van der Waals surface area contributed by atoms with Crippen LogP contribution in [0.5, 0.6) is 0 Å². The van der Waals surface area contributed by atoms with Gasteiger partial charge in [-0.25, -0.2) is 0 Å². The lowest BCUT2D eigenvalue weighted by Gasteiger charge is -2.02. The Balaban J connectivity index is 0.000000639. The number of hydrogen-bond donors (Lipinski definition) is 0. The molecule has 0 radical (unpaired) electrons. The average Bonchev–Trinajstić information content (AvgIpc) is 3.20. The third kappa shape index (κ3) is 2.92. The number of nitrogens with zero attached hydrogens (tertiary/aromatic N) is 1. The van der Waals surface area contributed by atoms with Crippen LogP contribution in [0.4, 0.5) is 0 Å². The highest BCUT2D eigenvalue weighted by Crippen LogP contribution is 2.47. The minimum absolute atomic E-state index is 0. The van der Waals surface area contributed by atoms with Crippen molar-refractivity contribution in [3.8, 4) is 11.3 Å². The fraction of sp³-hybridized carbons (Fsp3) is 0.375. The molecule has 3 heteroatoms. The Morgan fingerprint density at radius 2 is 1.89 bits per heavy atom. The van der Waals surface area contributed by atoms with Gasteiger partial charge in [0.1, 0.15) is 0 Å². The molecule has 0 bridgehead atoms. The first kappa shape index (κ1) is 13.9.